The Bertz CT molecular complexity index is 801. The van der Waals surface area contributed by atoms with E-state index < -0.39 is 27.4 Å². The van der Waals surface area contributed by atoms with E-state index in [1.165, 1.54) is 23.4 Å². The maximum Gasteiger partial charge on any atom is 0.329 e. The normalized spacial score (nSPS) is 18.1. The molecule has 0 aliphatic carbocycles. The molecule has 8 nitrogen and oxygen atoms in total. The van der Waals surface area contributed by atoms with Crippen LogP contribution in [0.2, 0.25) is 0 Å². The minimum absolute atomic E-state index is 0.0422. The van der Waals surface area contributed by atoms with Gasteiger partial charge in [0, 0.05) is 18.7 Å². The lowest BCUT2D eigenvalue weighted by molar-refractivity contribution is -0.143. The highest BCUT2D eigenvalue weighted by Crippen LogP contribution is 2.23. The fraction of sp³-hybridized carbons (Fsp3) is 0.529. The van der Waals surface area contributed by atoms with Gasteiger partial charge in [-0.1, -0.05) is 13.0 Å². The third-order valence-corrected chi connectivity index (χ3v) is 6.65. The average Bonchev–Trinajstić information content (AvgIpc) is 2.62. The molecule has 2 N–H and O–H groups in total. The average molecular weight is 384 g/mol. The highest BCUT2D eigenvalue weighted by Gasteiger charge is 2.34. The van der Waals surface area contributed by atoms with E-state index in [-0.39, 0.29) is 30.0 Å². The number of amides is 1. The van der Waals surface area contributed by atoms with Crippen LogP contribution in [0, 0.1) is 6.92 Å². The van der Waals surface area contributed by atoms with Crippen molar-refractivity contribution >= 4 is 21.9 Å². The van der Waals surface area contributed by atoms with Crippen molar-refractivity contribution in [2.45, 2.75) is 37.6 Å². The predicted octanol–water partition coefficient (Wildman–Crippen LogP) is 0.999. The quantitative estimate of drug-likeness (QED) is 0.756. The first kappa shape index (κ1) is 20.3. The largest absolute Gasteiger partial charge is 0.480 e. The molecule has 1 aliphatic heterocycles. The van der Waals surface area contributed by atoms with Gasteiger partial charge in [-0.15, -0.1) is 0 Å². The van der Waals surface area contributed by atoms with Crippen LogP contribution in [0.3, 0.4) is 0 Å². The number of morpholine rings is 1. The number of carbonyl (C=O) groups is 2. The van der Waals surface area contributed by atoms with Gasteiger partial charge in [0.25, 0.3) is 5.91 Å². The molecule has 0 aromatic heterocycles. The first-order valence-corrected chi connectivity index (χ1v) is 9.80. The number of aryl methyl sites for hydroxylation is 1. The number of rotatable bonds is 6. The molecule has 0 saturated carbocycles. The Morgan fingerprint density at radius 2 is 1.92 bits per heavy atom. The maximum atomic E-state index is 12.9. The van der Waals surface area contributed by atoms with Crippen LogP contribution in [0.15, 0.2) is 23.1 Å². The Hall–Kier alpha value is -1.97. The molecular weight excluding hydrogens is 360 g/mol. The molecule has 0 spiro atoms. The van der Waals surface area contributed by atoms with Crippen LogP contribution in [0.25, 0.3) is 0 Å². The third-order valence-electron chi connectivity index (χ3n) is 4.61. The van der Waals surface area contributed by atoms with Crippen molar-refractivity contribution in [3.05, 3.63) is 29.3 Å². The summed E-state index contributed by atoms with van der Waals surface area (Å²) in [5, 5.41) is 11.8. The number of carbonyl (C=O) groups excluding carboxylic acids is 1. The molecule has 26 heavy (non-hydrogen) atoms. The number of hydrogen-bond donors (Lipinski definition) is 2. The van der Waals surface area contributed by atoms with Crippen LogP contribution in [0.1, 0.15) is 36.2 Å². The van der Waals surface area contributed by atoms with Gasteiger partial charge >= 0.3 is 5.97 Å². The van der Waals surface area contributed by atoms with Crippen molar-refractivity contribution in [2.24, 2.45) is 0 Å². The van der Waals surface area contributed by atoms with Gasteiger partial charge in [0.15, 0.2) is 0 Å². The Balaban J connectivity index is 2.35. The van der Waals surface area contributed by atoms with Crippen LogP contribution in [0.5, 0.6) is 0 Å². The van der Waals surface area contributed by atoms with E-state index in [1.54, 1.807) is 19.9 Å². The molecule has 1 amide bonds. The first-order valence-electron chi connectivity index (χ1n) is 8.36. The Morgan fingerprint density at radius 3 is 2.46 bits per heavy atom. The Kier molecular flexibility index (Phi) is 6.05. The van der Waals surface area contributed by atoms with Crippen molar-refractivity contribution in [2.75, 3.05) is 26.3 Å². The minimum atomic E-state index is -3.76. The van der Waals surface area contributed by atoms with Crippen LogP contribution < -0.4 is 5.32 Å². The van der Waals surface area contributed by atoms with E-state index >= 15 is 0 Å². The Labute approximate surface area is 153 Å². The van der Waals surface area contributed by atoms with E-state index in [2.05, 4.69) is 5.32 Å². The molecular formula is C17H24N2O6S. The molecule has 1 saturated heterocycles. The van der Waals surface area contributed by atoms with E-state index in [9.17, 15) is 23.1 Å². The molecule has 1 aromatic carbocycles. The molecule has 2 rings (SSSR count). The molecule has 0 radical (unpaired) electrons. The highest BCUT2D eigenvalue weighted by atomic mass is 32.2. The molecule has 1 aliphatic rings. The zero-order chi connectivity index (χ0) is 19.5. The van der Waals surface area contributed by atoms with Gasteiger partial charge in [-0.25, -0.2) is 13.2 Å². The Morgan fingerprint density at radius 1 is 1.31 bits per heavy atom. The van der Waals surface area contributed by atoms with Gasteiger partial charge in [-0.2, -0.15) is 4.31 Å². The van der Waals surface area contributed by atoms with Crippen LogP contribution in [-0.2, 0) is 19.6 Å². The zero-order valence-corrected chi connectivity index (χ0v) is 15.9. The summed E-state index contributed by atoms with van der Waals surface area (Å²) in [5.74, 6) is -1.78. The van der Waals surface area contributed by atoms with Crippen molar-refractivity contribution in [1.29, 1.82) is 0 Å². The summed E-state index contributed by atoms with van der Waals surface area (Å²) in [6, 6.07) is 4.33. The first-order chi connectivity index (χ1) is 12.1. The number of aliphatic carboxylic acids is 1. The van der Waals surface area contributed by atoms with Crippen LogP contribution in [0.4, 0.5) is 0 Å². The van der Waals surface area contributed by atoms with E-state index in [1.807, 2.05) is 0 Å². The van der Waals surface area contributed by atoms with E-state index in [4.69, 9.17) is 4.74 Å². The van der Waals surface area contributed by atoms with Gasteiger partial charge in [0.2, 0.25) is 10.0 Å². The predicted molar refractivity (Wildman–Crippen MR) is 94.6 cm³/mol. The lowest BCUT2D eigenvalue weighted by atomic mass is 9.98. The summed E-state index contributed by atoms with van der Waals surface area (Å²) in [7, 11) is -3.76. The van der Waals surface area contributed by atoms with Crippen molar-refractivity contribution < 1.29 is 27.9 Å². The summed E-state index contributed by atoms with van der Waals surface area (Å²) < 4.78 is 32.3. The number of nitrogens with one attached hydrogen (secondary N) is 1. The van der Waals surface area contributed by atoms with Gasteiger partial charge in [-0.05, 0) is 38.0 Å². The van der Waals surface area contributed by atoms with Crippen molar-refractivity contribution in [3.63, 3.8) is 0 Å². The number of hydrogen-bond acceptors (Lipinski definition) is 5. The SMILES string of the molecule is CCC(C)(NC(=O)c1ccc(C)c(S(=O)(=O)N2CCOCC2)c1)C(=O)O. The second-order valence-electron chi connectivity index (χ2n) is 6.44. The van der Waals surface area contributed by atoms with Gasteiger partial charge in [-0.3, -0.25) is 4.79 Å². The van der Waals surface area contributed by atoms with E-state index in [0.29, 0.717) is 18.8 Å². The number of benzene rings is 1. The number of sulfonamides is 1. The van der Waals surface area contributed by atoms with Gasteiger partial charge in [0.05, 0.1) is 18.1 Å². The summed E-state index contributed by atoms with van der Waals surface area (Å²) in [5.41, 5.74) is -0.807. The fourth-order valence-electron chi connectivity index (χ4n) is 2.56. The van der Waals surface area contributed by atoms with Crippen molar-refractivity contribution in [3.8, 4) is 0 Å². The molecule has 1 heterocycles. The number of carboxylic acids is 1. The van der Waals surface area contributed by atoms with Gasteiger partial charge < -0.3 is 15.2 Å². The highest BCUT2D eigenvalue weighted by molar-refractivity contribution is 7.89. The summed E-state index contributed by atoms with van der Waals surface area (Å²) >= 11 is 0. The van der Waals surface area contributed by atoms with Crippen LogP contribution >= 0.6 is 0 Å². The molecule has 0 bridgehead atoms. The molecule has 1 fully saturated rings. The molecule has 1 aromatic rings. The molecule has 1 atom stereocenters. The smallest absolute Gasteiger partial charge is 0.329 e. The fourth-order valence-corrected chi connectivity index (χ4v) is 4.22. The summed E-state index contributed by atoms with van der Waals surface area (Å²) in [6.45, 7) is 5.88. The zero-order valence-electron chi connectivity index (χ0n) is 15.1. The van der Waals surface area contributed by atoms with E-state index in [0.717, 1.165) is 0 Å². The second-order valence-corrected chi connectivity index (χ2v) is 8.35. The van der Waals surface area contributed by atoms with Gasteiger partial charge in [0.1, 0.15) is 5.54 Å². The number of nitrogens with zero attached hydrogens (tertiary/aromatic N) is 1. The molecule has 9 heteroatoms. The minimum Gasteiger partial charge on any atom is -0.480 e. The van der Waals surface area contributed by atoms with Crippen LogP contribution in [-0.4, -0.2) is 61.5 Å². The lowest BCUT2D eigenvalue weighted by Gasteiger charge is -2.27. The molecule has 1 unspecified atom stereocenters. The number of ether oxygens (including phenoxy) is 1. The maximum absolute atomic E-state index is 12.9. The summed E-state index contributed by atoms with van der Waals surface area (Å²) in [4.78, 5) is 23.9. The second kappa shape index (κ2) is 7.73. The standard InChI is InChI=1S/C17H24N2O6S/c1-4-17(3,16(21)22)18-15(20)13-6-5-12(2)14(11-13)26(23,24)19-7-9-25-10-8-19/h5-6,11H,4,7-10H2,1-3H3,(H,18,20)(H,21,22). The number of carboxylic acid groups (broad SMARTS) is 1. The summed E-state index contributed by atoms with van der Waals surface area (Å²) in [6.07, 6.45) is 0.193. The topological polar surface area (TPSA) is 113 Å². The molecule has 144 valence electrons. The monoisotopic (exact) mass is 384 g/mol. The lowest BCUT2D eigenvalue weighted by Crippen LogP contribution is -2.51. The third kappa shape index (κ3) is 4.05. The van der Waals surface area contributed by atoms with Crippen molar-refractivity contribution in [1.82, 2.24) is 9.62 Å².